The van der Waals surface area contributed by atoms with Crippen molar-refractivity contribution in [1.29, 1.82) is 5.26 Å². The van der Waals surface area contributed by atoms with Crippen LogP contribution in [0, 0.1) is 17.1 Å². The highest BCUT2D eigenvalue weighted by Crippen LogP contribution is 2.18. The second kappa shape index (κ2) is 5.08. The maximum absolute atomic E-state index is 13.5. The zero-order valence-corrected chi connectivity index (χ0v) is 10.6. The van der Waals surface area contributed by atoms with Crippen molar-refractivity contribution in [3.63, 3.8) is 0 Å². The molecule has 1 aromatic heterocycles. The molecule has 0 atom stereocenters. The Morgan fingerprint density at radius 1 is 1.58 bits per heavy atom. The Balaban J connectivity index is 2.34. The number of halogens is 2. The van der Waals surface area contributed by atoms with Crippen LogP contribution in [0.4, 0.5) is 10.2 Å². The number of hydrogen-bond acceptors (Lipinski definition) is 3. The molecular formula is C12H8ClFN4O. The number of hydrogen-bond donors (Lipinski definition) is 1. The second-order valence-electron chi connectivity index (χ2n) is 3.72. The largest absolute Gasteiger partial charge is 0.306 e. The van der Waals surface area contributed by atoms with Crippen LogP contribution in [0.2, 0.25) is 5.02 Å². The van der Waals surface area contributed by atoms with Crippen molar-refractivity contribution in [2.75, 3.05) is 5.32 Å². The van der Waals surface area contributed by atoms with E-state index in [1.807, 2.05) is 6.07 Å². The molecule has 1 N–H and O–H groups in total. The molecule has 7 heteroatoms. The number of carbonyl (C=O) groups excluding carboxylic acids is 1. The predicted molar refractivity (Wildman–Crippen MR) is 67.3 cm³/mol. The minimum atomic E-state index is -0.694. The van der Waals surface area contributed by atoms with Gasteiger partial charge in [-0.25, -0.2) is 4.39 Å². The minimum Gasteiger partial charge on any atom is -0.306 e. The average Bonchev–Trinajstić information content (AvgIpc) is 2.73. The first kappa shape index (κ1) is 13.1. The molecule has 5 nitrogen and oxygen atoms in total. The summed E-state index contributed by atoms with van der Waals surface area (Å²) in [5.74, 6) is -1.19. The molecule has 0 spiro atoms. The summed E-state index contributed by atoms with van der Waals surface area (Å²) in [4.78, 5) is 11.9. The van der Waals surface area contributed by atoms with Gasteiger partial charge in [-0.2, -0.15) is 10.4 Å². The highest BCUT2D eigenvalue weighted by Gasteiger charge is 2.16. The van der Waals surface area contributed by atoms with Gasteiger partial charge in [0.2, 0.25) is 0 Å². The van der Waals surface area contributed by atoms with E-state index < -0.39 is 11.7 Å². The number of anilines is 1. The van der Waals surface area contributed by atoms with E-state index in [9.17, 15) is 9.18 Å². The van der Waals surface area contributed by atoms with E-state index in [0.717, 1.165) is 6.07 Å². The molecule has 2 rings (SSSR count). The van der Waals surface area contributed by atoms with Gasteiger partial charge in [-0.15, -0.1) is 0 Å². The van der Waals surface area contributed by atoms with E-state index in [1.165, 1.54) is 23.0 Å². The molecule has 1 amide bonds. The maximum Gasteiger partial charge on any atom is 0.259 e. The lowest BCUT2D eigenvalue weighted by atomic mass is 10.2. The van der Waals surface area contributed by atoms with Crippen molar-refractivity contribution >= 4 is 23.3 Å². The normalized spacial score (nSPS) is 10.0. The van der Waals surface area contributed by atoms with Crippen LogP contribution in [0.5, 0.6) is 0 Å². The van der Waals surface area contributed by atoms with Gasteiger partial charge in [0.05, 0.1) is 11.8 Å². The SMILES string of the molecule is Cn1ncc(C#N)c1NC(=O)c1cc(Cl)ccc1F. The summed E-state index contributed by atoms with van der Waals surface area (Å²) in [6, 6.07) is 5.55. The highest BCUT2D eigenvalue weighted by molar-refractivity contribution is 6.31. The number of rotatable bonds is 2. The summed E-state index contributed by atoms with van der Waals surface area (Å²) in [5, 5.41) is 15.4. The Kier molecular flexibility index (Phi) is 3.49. The third kappa shape index (κ3) is 2.56. The lowest BCUT2D eigenvalue weighted by molar-refractivity contribution is 0.102. The van der Waals surface area contributed by atoms with E-state index in [0.29, 0.717) is 0 Å². The van der Waals surface area contributed by atoms with Crippen LogP contribution in [0.1, 0.15) is 15.9 Å². The van der Waals surface area contributed by atoms with Crippen LogP contribution in [0.25, 0.3) is 0 Å². The zero-order valence-electron chi connectivity index (χ0n) is 9.82. The van der Waals surface area contributed by atoms with Gasteiger partial charge in [0.15, 0.2) is 0 Å². The smallest absolute Gasteiger partial charge is 0.259 e. The molecule has 1 aromatic carbocycles. The standard InChI is InChI=1S/C12H8ClFN4O/c1-18-11(7(5-15)6-16-18)17-12(19)9-4-8(13)2-3-10(9)14/h2-4,6H,1H3,(H,17,19). The Bertz CT molecular complexity index is 690. The first-order valence-electron chi connectivity index (χ1n) is 5.21. The van der Waals surface area contributed by atoms with Crippen molar-refractivity contribution in [3.05, 3.63) is 46.4 Å². The fraction of sp³-hybridized carbons (Fsp3) is 0.0833. The van der Waals surface area contributed by atoms with Crippen LogP contribution >= 0.6 is 11.6 Å². The number of aromatic nitrogens is 2. The quantitative estimate of drug-likeness (QED) is 0.916. The molecule has 0 unspecified atom stereocenters. The van der Waals surface area contributed by atoms with Gasteiger partial charge in [0.25, 0.3) is 5.91 Å². The summed E-state index contributed by atoms with van der Waals surface area (Å²) in [6.45, 7) is 0. The van der Waals surface area contributed by atoms with Crippen molar-refractivity contribution in [1.82, 2.24) is 9.78 Å². The minimum absolute atomic E-state index is 0.193. The van der Waals surface area contributed by atoms with Crippen molar-refractivity contribution in [2.45, 2.75) is 0 Å². The molecule has 0 saturated carbocycles. The lowest BCUT2D eigenvalue weighted by Gasteiger charge is -2.07. The van der Waals surface area contributed by atoms with E-state index in [2.05, 4.69) is 10.4 Å². The maximum atomic E-state index is 13.5. The van der Waals surface area contributed by atoms with Crippen LogP contribution in [-0.2, 0) is 7.05 Å². The summed E-state index contributed by atoms with van der Waals surface area (Å²) in [6.07, 6.45) is 1.31. The fourth-order valence-electron chi connectivity index (χ4n) is 1.51. The van der Waals surface area contributed by atoms with Gasteiger partial charge < -0.3 is 5.32 Å². The number of nitrogens with zero attached hydrogens (tertiary/aromatic N) is 3. The molecule has 0 saturated heterocycles. The number of carbonyl (C=O) groups is 1. The molecule has 0 bridgehead atoms. The Labute approximate surface area is 113 Å². The van der Waals surface area contributed by atoms with Crippen molar-refractivity contribution in [3.8, 4) is 6.07 Å². The van der Waals surface area contributed by atoms with Gasteiger partial charge in [-0.1, -0.05) is 11.6 Å². The van der Waals surface area contributed by atoms with Gasteiger partial charge in [0.1, 0.15) is 23.3 Å². The molecule has 96 valence electrons. The molecule has 0 aliphatic heterocycles. The summed E-state index contributed by atoms with van der Waals surface area (Å²) >= 11 is 5.72. The van der Waals surface area contributed by atoms with E-state index in [1.54, 1.807) is 7.05 Å². The first-order valence-corrected chi connectivity index (χ1v) is 5.59. The van der Waals surface area contributed by atoms with Crippen LogP contribution in [0.15, 0.2) is 24.4 Å². The van der Waals surface area contributed by atoms with Crippen LogP contribution in [0.3, 0.4) is 0 Å². The molecule has 19 heavy (non-hydrogen) atoms. The predicted octanol–water partition coefficient (Wildman–Crippen LogP) is 2.34. The van der Waals surface area contributed by atoms with Gasteiger partial charge in [0, 0.05) is 12.1 Å². The third-order valence-corrected chi connectivity index (χ3v) is 2.70. The second-order valence-corrected chi connectivity index (χ2v) is 4.16. The number of benzene rings is 1. The average molecular weight is 279 g/mol. The molecule has 0 fully saturated rings. The van der Waals surface area contributed by atoms with E-state index in [-0.39, 0.29) is 22.0 Å². The molecular weight excluding hydrogens is 271 g/mol. The van der Waals surface area contributed by atoms with Crippen molar-refractivity contribution in [2.24, 2.45) is 7.05 Å². The Morgan fingerprint density at radius 2 is 2.32 bits per heavy atom. The van der Waals surface area contributed by atoms with Gasteiger partial charge >= 0.3 is 0 Å². The van der Waals surface area contributed by atoms with E-state index >= 15 is 0 Å². The van der Waals surface area contributed by atoms with Crippen LogP contribution in [-0.4, -0.2) is 15.7 Å². The number of aryl methyl sites for hydroxylation is 1. The summed E-state index contributed by atoms with van der Waals surface area (Å²) in [7, 11) is 1.56. The summed E-state index contributed by atoms with van der Waals surface area (Å²) < 4.78 is 14.8. The Hall–Kier alpha value is -2.39. The highest BCUT2D eigenvalue weighted by atomic mass is 35.5. The number of amides is 1. The number of nitrogens with one attached hydrogen (secondary N) is 1. The lowest BCUT2D eigenvalue weighted by Crippen LogP contribution is -2.16. The molecule has 0 aliphatic carbocycles. The summed E-state index contributed by atoms with van der Waals surface area (Å²) in [5.41, 5.74) is -0.00382. The monoisotopic (exact) mass is 278 g/mol. The van der Waals surface area contributed by atoms with E-state index in [4.69, 9.17) is 16.9 Å². The Morgan fingerprint density at radius 3 is 3.00 bits per heavy atom. The first-order chi connectivity index (χ1) is 9.02. The van der Waals surface area contributed by atoms with Gasteiger partial charge in [-0.3, -0.25) is 9.48 Å². The molecule has 0 radical (unpaired) electrons. The topological polar surface area (TPSA) is 70.7 Å². The molecule has 0 aliphatic rings. The van der Waals surface area contributed by atoms with Crippen molar-refractivity contribution < 1.29 is 9.18 Å². The van der Waals surface area contributed by atoms with Crippen LogP contribution < -0.4 is 5.32 Å². The number of nitriles is 1. The van der Waals surface area contributed by atoms with Gasteiger partial charge in [-0.05, 0) is 18.2 Å². The molecule has 1 heterocycles. The molecule has 2 aromatic rings. The fourth-order valence-corrected chi connectivity index (χ4v) is 1.69. The third-order valence-electron chi connectivity index (χ3n) is 2.46. The zero-order chi connectivity index (χ0) is 14.0.